The van der Waals surface area contributed by atoms with Crippen molar-refractivity contribution < 1.29 is 9.90 Å². The lowest BCUT2D eigenvalue weighted by atomic mass is 9.91. The molecule has 1 aliphatic carbocycles. The molecule has 14 heavy (non-hydrogen) atoms. The topological polar surface area (TPSA) is 37.3 Å². The molecule has 0 aromatic carbocycles. The molecule has 2 unspecified atom stereocenters. The first-order chi connectivity index (χ1) is 6.70. The molecule has 76 valence electrons. The van der Waals surface area contributed by atoms with E-state index in [1.807, 2.05) is 11.4 Å². The summed E-state index contributed by atoms with van der Waals surface area (Å²) in [5.41, 5.74) is 1.03. The number of aliphatic carboxylic acids is 1. The Labute approximate surface area is 91.5 Å². The maximum Gasteiger partial charge on any atom is 0.307 e. The molecule has 1 aromatic rings. The third kappa shape index (κ3) is 1.66. The van der Waals surface area contributed by atoms with Crippen LogP contribution in [0.2, 0.25) is 4.34 Å². The summed E-state index contributed by atoms with van der Waals surface area (Å²) in [5.74, 6) is -0.789. The van der Waals surface area contributed by atoms with Crippen molar-refractivity contribution in [3.05, 3.63) is 21.3 Å². The van der Waals surface area contributed by atoms with Gasteiger partial charge < -0.3 is 5.11 Å². The van der Waals surface area contributed by atoms with Crippen molar-refractivity contribution in [2.75, 3.05) is 0 Å². The Morgan fingerprint density at radius 1 is 1.57 bits per heavy atom. The zero-order chi connectivity index (χ0) is 10.1. The van der Waals surface area contributed by atoms with Crippen LogP contribution < -0.4 is 0 Å². The quantitative estimate of drug-likeness (QED) is 0.846. The van der Waals surface area contributed by atoms with Gasteiger partial charge in [0, 0.05) is 0 Å². The first kappa shape index (κ1) is 9.99. The van der Waals surface area contributed by atoms with E-state index in [4.69, 9.17) is 16.7 Å². The van der Waals surface area contributed by atoms with E-state index in [0.29, 0.717) is 0 Å². The Balaban J connectivity index is 2.26. The minimum absolute atomic E-state index is 0.131. The molecule has 1 aliphatic rings. The Morgan fingerprint density at radius 3 is 2.93 bits per heavy atom. The van der Waals surface area contributed by atoms with E-state index in [9.17, 15) is 4.79 Å². The summed E-state index contributed by atoms with van der Waals surface area (Å²) in [5, 5.41) is 11.0. The number of carboxylic acid groups (broad SMARTS) is 1. The second kappa shape index (κ2) is 3.91. The molecule has 0 saturated heterocycles. The van der Waals surface area contributed by atoms with E-state index < -0.39 is 5.97 Å². The minimum Gasteiger partial charge on any atom is -0.481 e. The van der Waals surface area contributed by atoms with Crippen LogP contribution in [0.5, 0.6) is 0 Å². The monoisotopic (exact) mass is 230 g/mol. The molecular formula is C10H11ClO2S. The SMILES string of the molecule is O=C(O)C1CCCC1c1ccsc1Cl. The highest BCUT2D eigenvalue weighted by molar-refractivity contribution is 7.14. The van der Waals surface area contributed by atoms with E-state index in [2.05, 4.69) is 0 Å². The Kier molecular flexibility index (Phi) is 2.79. The van der Waals surface area contributed by atoms with Crippen LogP contribution in [0.4, 0.5) is 0 Å². The number of carboxylic acids is 1. The van der Waals surface area contributed by atoms with E-state index in [-0.39, 0.29) is 11.8 Å². The second-order valence-corrected chi connectivity index (χ2v) is 5.15. The van der Waals surface area contributed by atoms with Gasteiger partial charge in [-0.2, -0.15) is 0 Å². The lowest BCUT2D eigenvalue weighted by Crippen LogP contribution is -2.16. The van der Waals surface area contributed by atoms with Crippen LogP contribution in [-0.2, 0) is 4.79 Å². The summed E-state index contributed by atoms with van der Waals surface area (Å²) in [7, 11) is 0. The zero-order valence-electron chi connectivity index (χ0n) is 7.57. The maximum atomic E-state index is 11.0. The molecule has 1 N–H and O–H groups in total. The van der Waals surface area contributed by atoms with Crippen LogP contribution in [0.3, 0.4) is 0 Å². The molecule has 4 heteroatoms. The van der Waals surface area contributed by atoms with Gasteiger partial charge in [0.05, 0.1) is 10.3 Å². The molecule has 0 aliphatic heterocycles. The normalized spacial score (nSPS) is 26.6. The minimum atomic E-state index is -0.685. The fraction of sp³-hybridized carbons (Fsp3) is 0.500. The van der Waals surface area contributed by atoms with Crippen LogP contribution >= 0.6 is 22.9 Å². The average molecular weight is 231 g/mol. The zero-order valence-corrected chi connectivity index (χ0v) is 9.14. The molecule has 1 heterocycles. The highest BCUT2D eigenvalue weighted by atomic mass is 35.5. The Hall–Kier alpha value is -0.540. The van der Waals surface area contributed by atoms with Gasteiger partial charge in [0.25, 0.3) is 0 Å². The lowest BCUT2D eigenvalue weighted by molar-refractivity contribution is -0.141. The molecule has 0 amide bonds. The Bertz CT molecular complexity index is 348. The molecule has 1 aromatic heterocycles. The molecule has 0 radical (unpaired) electrons. The first-order valence-corrected chi connectivity index (χ1v) is 5.91. The van der Waals surface area contributed by atoms with Crippen molar-refractivity contribution >= 4 is 28.9 Å². The first-order valence-electron chi connectivity index (χ1n) is 4.66. The number of thiophene rings is 1. The van der Waals surface area contributed by atoms with Crippen molar-refractivity contribution in [3.8, 4) is 0 Å². The van der Waals surface area contributed by atoms with E-state index in [1.165, 1.54) is 11.3 Å². The highest BCUT2D eigenvalue weighted by Crippen LogP contribution is 2.43. The van der Waals surface area contributed by atoms with Crippen LogP contribution in [0.1, 0.15) is 30.7 Å². The highest BCUT2D eigenvalue weighted by Gasteiger charge is 2.35. The summed E-state index contributed by atoms with van der Waals surface area (Å²) >= 11 is 7.49. The van der Waals surface area contributed by atoms with Gasteiger partial charge in [0.15, 0.2) is 0 Å². The molecule has 1 fully saturated rings. The molecule has 2 nitrogen and oxygen atoms in total. The number of carbonyl (C=O) groups is 1. The third-order valence-electron chi connectivity index (χ3n) is 2.88. The fourth-order valence-corrected chi connectivity index (χ4v) is 3.24. The van der Waals surface area contributed by atoms with E-state index >= 15 is 0 Å². The van der Waals surface area contributed by atoms with Gasteiger partial charge in [-0.05, 0) is 35.8 Å². The summed E-state index contributed by atoms with van der Waals surface area (Å²) in [6.45, 7) is 0. The summed E-state index contributed by atoms with van der Waals surface area (Å²) in [6, 6.07) is 1.96. The fourth-order valence-electron chi connectivity index (χ4n) is 2.20. The molecule has 0 bridgehead atoms. The van der Waals surface area contributed by atoms with Crippen molar-refractivity contribution in [1.29, 1.82) is 0 Å². The van der Waals surface area contributed by atoms with Crippen molar-refractivity contribution in [1.82, 2.24) is 0 Å². The second-order valence-electron chi connectivity index (χ2n) is 3.63. The number of hydrogen-bond donors (Lipinski definition) is 1. The van der Waals surface area contributed by atoms with Gasteiger partial charge in [-0.25, -0.2) is 0 Å². The van der Waals surface area contributed by atoms with Gasteiger partial charge >= 0.3 is 5.97 Å². The predicted molar refractivity (Wildman–Crippen MR) is 57.0 cm³/mol. The van der Waals surface area contributed by atoms with Crippen LogP contribution in [-0.4, -0.2) is 11.1 Å². The molecule has 0 spiro atoms. The summed E-state index contributed by atoms with van der Waals surface area (Å²) < 4.78 is 0.753. The van der Waals surface area contributed by atoms with Crippen LogP contribution in [0.25, 0.3) is 0 Å². The lowest BCUT2D eigenvalue weighted by Gasteiger charge is -2.14. The van der Waals surface area contributed by atoms with Gasteiger partial charge in [0.2, 0.25) is 0 Å². The molecule has 1 saturated carbocycles. The third-order valence-corrected chi connectivity index (χ3v) is 4.08. The van der Waals surface area contributed by atoms with Gasteiger partial charge in [0.1, 0.15) is 0 Å². The van der Waals surface area contributed by atoms with Crippen LogP contribution in [0, 0.1) is 5.92 Å². The predicted octanol–water partition coefficient (Wildman–Crippen LogP) is 3.37. The largest absolute Gasteiger partial charge is 0.481 e. The molecular weight excluding hydrogens is 220 g/mol. The molecule has 2 atom stereocenters. The van der Waals surface area contributed by atoms with Crippen molar-refractivity contribution in [3.63, 3.8) is 0 Å². The van der Waals surface area contributed by atoms with Crippen molar-refractivity contribution in [2.24, 2.45) is 5.92 Å². The van der Waals surface area contributed by atoms with Crippen molar-refractivity contribution in [2.45, 2.75) is 25.2 Å². The van der Waals surface area contributed by atoms with Crippen LogP contribution in [0.15, 0.2) is 11.4 Å². The van der Waals surface area contributed by atoms with E-state index in [0.717, 1.165) is 29.2 Å². The Morgan fingerprint density at radius 2 is 2.36 bits per heavy atom. The number of halogens is 1. The standard InChI is InChI=1S/C10H11ClO2S/c11-9-7(4-5-14-9)6-2-1-3-8(6)10(12)13/h4-6,8H,1-3H2,(H,12,13). The van der Waals surface area contributed by atoms with E-state index in [1.54, 1.807) is 0 Å². The maximum absolute atomic E-state index is 11.0. The summed E-state index contributed by atoms with van der Waals surface area (Å²) in [4.78, 5) is 11.0. The smallest absolute Gasteiger partial charge is 0.307 e. The number of rotatable bonds is 2. The van der Waals surface area contributed by atoms with Gasteiger partial charge in [-0.1, -0.05) is 18.0 Å². The van der Waals surface area contributed by atoms with Gasteiger partial charge in [-0.15, -0.1) is 11.3 Å². The van der Waals surface area contributed by atoms with Gasteiger partial charge in [-0.3, -0.25) is 4.79 Å². The average Bonchev–Trinajstić information content (AvgIpc) is 2.70. The molecule has 2 rings (SSSR count). The number of hydrogen-bond acceptors (Lipinski definition) is 2. The summed E-state index contributed by atoms with van der Waals surface area (Å²) in [6.07, 6.45) is 2.73.